The van der Waals surface area contributed by atoms with Crippen LogP contribution in [0.1, 0.15) is 6.92 Å². The molecule has 0 aromatic rings. The highest BCUT2D eigenvalue weighted by Crippen LogP contribution is 2.03. The van der Waals surface area contributed by atoms with Gasteiger partial charge < -0.3 is 9.45 Å². The van der Waals surface area contributed by atoms with E-state index >= 15 is 0 Å². The summed E-state index contributed by atoms with van der Waals surface area (Å²) >= 11 is -2.72. The van der Waals surface area contributed by atoms with Crippen molar-refractivity contribution in [3.63, 3.8) is 0 Å². The fourth-order valence-electron chi connectivity index (χ4n) is 0.752. The van der Waals surface area contributed by atoms with E-state index in [4.69, 9.17) is 4.55 Å². The van der Waals surface area contributed by atoms with Crippen molar-refractivity contribution in [3.8, 4) is 0 Å². The molecule has 0 radical (unpaired) electrons. The van der Waals surface area contributed by atoms with Crippen molar-refractivity contribution in [3.05, 3.63) is 0 Å². The quantitative estimate of drug-likeness (QED) is 0.335. The third-order valence-electron chi connectivity index (χ3n) is 1.45. The second kappa shape index (κ2) is 6.12. The second-order valence-electron chi connectivity index (χ2n) is 2.36. The van der Waals surface area contributed by atoms with Gasteiger partial charge in [0.1, 0.15) is 5.37 Å². The molecule has 0 aromatic carbocycles. The number of hydrogen-bond acceptors (Lipinski definition) is 6. The molecule has 1 amide bonds. The van der Waals surface area contributed by atoms with Crippen molar-refractivity contribution >= 4 is 27.9 Å². The summed E-state index contributed by atoms with van der Waals surface area (Å²) in [7, 11) is -4.72. The minimum atomic E-state index is -4.72. The minimum absolute atomic E-state index is 0.0665. The van der Waals surface area contributed by atoms with Crippen LogP contribution in [0.15, 0.2) is 0 Å². The van der Waals surface area contributed by atoms with Crippen molar-refractivity contribution in [2.45, 2.75) is 12.3 Å². The number of nitrogens with zero attached hydrogens (tertiary/aromatic N) is 1. The molecule has 0 heterocycles. The standard InChI is InChI=1S/C5H11NO7S2/c1-2-6(4-7)5(14(8)9)3-13-15(10,11)12/h4-5H,2-3H2,1H3,(H,8,9)(H,10,11,12)/p-1. The molecular formula is C5H10NO7S2-. The smallest absolute Gasteiger partial charge is 0.397 e. The molecule has 1 N–H and O–H groups in total. The van der Waals surface area contributed by atoms with E-state index in [0.717, 1.165) is 4.90 Å². The Labute approximate surface area is 89.4 Å². The molecule has 10 heteroatoms. The predicted octanol–water partition coefficient (Wildman–Crippen LogP) is -1.51. The van der Waals surface area contributed by atoms with Gasteiger partial charge in [-0.1, -0.05) is 0 Å². The van der Waals surface area contributed by atoms with E-state index in [1.165, 1.54) is 6.92 Å². The van der Waals surface area contributed by atoms with Gasteiger partial charge in [0.15, 0.2) is 0 Å². The third kappa shape index (κ3) is 5.79. The first-order chi connectivity index (χ1) is 6.81. The Balaban J connectivity index is 4.54. The lowest BCUT2D eigenvalue weighted by Gasteiger charge is -2.27. The van der Waals surface area contributed by atoms with Crippen molar-refractivity contribution in [1.82, 2.24) is 4.90 Å². The number of rotatable bonds is 7. The molecule has 0 bridgehead atoms. The van der Waals surface area contributed by atoms with Crippen molar-refractivity contribution < 1.29 is 30.7 Å². The van der Waals surface area contributed by atoms with Crippen molar-refractivity contribution in [2.75, 3.05) is 13.2 Å². The summed E-state index contributed by atoms with van der Waals surface area (Å²) in [5, 5.41) is -1.45. The Kier molecular flexibility index (Phi) is 5.90. The van der Waals surface area contributed by atoms with Gasteiger partial charge in [0.25, 0.3) is 0 Å². The minimum Gasteiger partial charge on any atom is -0.771 e. The van der Waals surface area contributed by atoms with Gasteiger partial charge in [-0.25, -0.2) is 4.18 Å². The van der Waals surface area contributed by atoms with Gasteiger partial charge in [-0.15, -0.1) is 0 Å². The molecule has 0 aliphatic rings. The van der Waals surface area contributed by atoms with Gasteiger partial charge in [0, 0.05) is 6.54 Å². The summed E-state index contributed by atoms with van der Waals surface area (Å²) < 4.78 is 53.7. The summed E-state index contributed by atoms with van der Waals surface area (Å²) in [5.41, 5.74) is 0. The lowest BCUT2D eigenvalue weighted by Crippen LogP contribution is -2.41. The fourth-order valence-corrected chi connectivity index (χ4v) is 1.74. The van der Waals surface area contributed by atoms with Crippen LogP contribution in [0.5, 0.6) is 0 Å². The summed E-state index contributed by atoms with van der Waals surface area (Å²) in [6.07, 6.45) is 0.244. The van der Waals surface area contributed by atoms with Crippen LogP contribution in [0.4, 0.5) is 0 Å². The van der Waals surface area contributed by atoms with Crippen molar-refractivity contribution in [2.24, 2.45) is 0 Å². The van der Waals surface area contributed by atoms with Crippen LogP contribution in [-0.4, -0.2) is 51.6 Å². The number of amides is 1. The maximum absolute atomic E-state index is 10.6. The lowest BCUT2D eigenvalue weighted by atomic mass is 10.5. The zero-order valence-corrected chi connectivity index (χ0v) is 9.36. The summed E-state index contributed by atoms with van der Waals surface area (Å²) in [4.78, 5) is 11.2. The van der Waals surface area contributed by atoms with Crippen LogP contribution >= 0.6 is 0 Å². The molecule has 0 fully saturated rings. The number of carbonyl (C=O) groups excluding carboxylic acids is 1. The molecule has 0 aliphatic carbocycles. The molecule has 0 saturated heterocycles. The molecule has 0 rings (SSSR count). The van der Waals surface area contributed by atoms with Gasteiger partial charge in [0.2, 0.25) is 6.41 Å². The van der Waals surface area contributed by atoms with E-state index in [0.29, 0.717) is 0 Å². The average molecular weight is 260 g/mol. The SMILES string of the molecule is CCN(C=O)C(COS(=O)(=O)O)S(=O)[O-]. The zero-order valence-electron chi connectivity index (χ0n) is 7.73. The van der Waals surface area contributed by atoms with Gasteiger partial charge in [-0.3, -0.25) is 13.6 Å². The number of likely N-dealkylation sites (N-methyl/N-ethyl adjacent to an activating group) is 1. The Morgan fingerprint density at radius 1 is 1.67 bits per heavy atom. The Hall–Kier alpha value is -0.550. The molecule has 0 saturated carbocycles. The maximum Gasteiger partial charge on any atom is 0.397 e. The summed E-state index contributed by atoms with van der Waals surface area (Å²) in [6, 6.07) is 0. The van der Waals surface area contributed by atoms with E-state index in [1.54, 1.807) is 0 Å². The van der Waals surface area contributed by atoms with Crippen LogP contribution in [0, 0.1) is 0 Å². The largest absolute Gasteiger partial charge is 0.771 e. The monoisotopic (exact) mass is 260 g/mol. The molecule has 8 nitrogen and oxygen atoms in total. The Morgan fingerprint density at radius 3 is 2.47 bits per heavy atom. The third-order valence-corrected chi connectivity index (χ3v) is 2.74. The van der Waals surface area contributed by atoms with Gasteiger partial charge in [-0.2, -0.15) is 8.42 Å². The molecule has 0 spiro atoms. The van der Waals surface area contributed by atoms with Gasteiger partial charge in [-0.05, 0) is 18.0 Å². The van der Waals surface area contributed by atoms with Crippen LogP contribution < -0.4 is 0 Å². The first-order valence-corrected chi connectivity index (χ1v) is 6.23. The van der Waals surface area contributed by atoms with Crippen LogP contribution in [0.3, 0.4) is 0 Å². The molecule has 2 unspecified atom stereocenters. The van der Waals surface area contributed by atoms with E-state index in [-0.39, 0.29) is 13.0 Å². The maximum atomic E-state index is 10.6. The summed E-state index contributed by atoms with van der Waals surface area (Å²) in [5.74, 6) is 0. The Bertz CT molecular complexity index is 326. The van der Waals surface area contributed by atoms with Crippen LogP contribution in [0.2, 0.25) is 0 Å². The van der Waals surface area contributed by atoms with E-state index < -0.39 is 33.5 Å². The van der Waals surface area contributed by atoms with E-state index in [9.17, 15) is 22.0 Å². The predicted molar refractivity (Wildman–Crippen MR) is 48.7 cm³/mol. The molecular weight excluding hydrogens is 250 g/mol. The highest BCUT2D eigenvalue weighted by atomic mass is 32.3. The van der Waals surface area contributed by atoms with E-state index in [2.05, 4.69) is 4.18 Å². The number of carbonyl (C=O) groups is 1. The second-order valence-corrected chi connectivity index (χ2v) is 4.52. The van der Waals surface area contributed by atoms with Crippen LogP contribution in [0.25, 0.3) is 0 Å². The van der Waals surface area contributed by atoms with Gasteiger partial charge >= 0.3 is 10.4 Å². The molecule has 0 aromatic heterocycles. The fraction of sp³-hybridized carbons (Fsp3) is 0.800. The first kappa shape index (κ1) is 14.5. The first-order valence-electron chi connectivity index (χ1n) is 3.72. The molecule has 2 atom stereocenters. The molecule has 0 aliphatic heterocycles. The molecule has 15 heavy (non-hydrogen) atoms. The molecule has 90 valence electrons. The topological polar surface area (TPSA) is 124 Å². The van der Waals surface area contributed by atoms with Crippen LogP contribution in [-0.2, 0) is 30.5 Å². The summed E-state index contributed by atoms with van der Waals surface area (Å²) in [6.45, 7) is 0.722. The average Bonchev–Trinajstić information content (AvgIpc) is 2.09. The normalized spacial score (nSPS) is 15.7. The van der Waals surface area contributed by atoms with Gasteiger partial charge in [0.05, 0.1) is 6.61 Å². The van der Waals surface area contributed by atoms with Crippen molar-refractivity contribution in [1.29, 1.82) is 0 Å². The lowest BCUT2D eigenvalue weighted by molar-refractivity contribution is -0.119. The Morgan fingerprint density at radius 2 is 2.20 bits per heavy atom. The highest BCUT2D eigenvalue weighted by Gasteiger charge is 2.19. The number of hydrogen-bond donors (Lipinski definition) is 1. The zero-order chi connectivity index (χ0) is 12.1. The van der Waals surface area contributed by atoms with E-state index in [1.807, 2.05) is 0 Å². The highest BCUT2D eigenvalue weighted by molar-refractivity contribution is 7.81.